The predicted octanol–water partition coefficient (Wildman–Crippen LogP) is 4.34. The minimum atomic E-state index is -4.15. The van der Waals surface area contributed by atoms with Crippen LogP contribution in [0.15, 0.2) is 94.4 Å². The number of carbonyl (C=O) groups excluding carboxylic acids is 1. The zero-order valence-corrected chi connectivity index (χ0v) is 17.8. The molecule has 4 rings (SSSR count). The van der Waals surface area contributed by atoms with Crippen molar-refractivity contribution in [1.29, 1.82) is 0 Å². The number of nitrogens with zero attached hydrogens (tertiary/aromatic N) is 1. The van der Waals surface area contributed by atoms with E-state index in [1.165, 1.54) is 24.1 Å². The highest BCUT2D eigenvalue weighted by Crippen LogP contribution is 2.44. The Balaban J connectivity index is 1.90. The minimum Gasteiger partial charge on any atom is -0.502 e. The van der Waals surface area contributed by atoms with Gasteiger partial charge in [0.2, 0.25) is 9.84 Å². The number of methoxy groups -OCH3 is 1. The molecule has 1 amide bonds. The molecule has 0 saturated carbocycles. The number of carbonyl (C=O) groups is 1. The second-order valence-electron chi connectivity index (χ2n) is 7.22. The summed E-state index contributed by atoms with van der Waals surface area (Å²) in [4.78, 5) is 14.1. The van der Waals surface area contributed by atoms with Crippen molar-refractivity contribution < 1.29 is 23.1 Å². The summed E-state index contributed by atoms with van der Waals surface area (Å²) in [5.41, 5.74) is 1.92. The zero-order valence-electron chi connectivity index (χ0n) is 17.0. The fourth-order valence-corrected chi connectivity index (χ4v) is 5.27. The normalized spacial score (nSPS) is 16.6. The molecule has 31 heavy (non-hydrogen) atoms. The average molecular weight is 436 g/mol. The number of amides is 1. The molecule has 1 atom stereocenters. The van der Waals surface area contributed by atoms with Crippen molar-refractivity contribution >= 4 is 21.4 Å². The van der Waals surface area contributed by atoms with Gasteiger partial charge in [-0.05, 0) is 48.9 Å². The molecule has 0 aliphatic carbocycles. The molecule has 0 saturated heterocycles. The van der Waals surface area contributed by atoms with E-state index in [1.807, 2.05) is 6.92 Å². The molecule has 1 heterocycles. The van der Waals surface area contributed by atoms with Crippen LogP contribution in [0.1, 0.15) is 17.2 Å². The Labute approximate surface area is 180 Å². The van der Waals surface area contributed by atoms with E-state index in [9.17, 15) is 18.3 Å². The van der Waals surface area contributed by atoms with Crippen LogP contribution < -0.4 is 9.64 Å². The third kappa shape index (κ3) is 3.57. The van der Waals surface area contributed by atoms with E-state index >= 15 is 0 Å². The molecule has 0 spiro atoms. The average Bonchev–Trinajstić information content (AvgIpc) is 3.06. The standard InChI is InChI=1S/C24H21NO5S/c1-16-8-14-20(15-9-16)31(28,29)23-21(17-6-4-3-5-7-17)25(24(27)22(23)26)18-10-12-19(30-2)13-11-18/h3-15,21,26H,1-2H3/t21-/m1/s1. The minimum absolute atomic E-state index is 0.0185. The third-order valence-corrected chi connectivity index (χ3v) is 7.14. The monoisotopic (exact) mass is 435 g/mol. The number of aliphatic hydroxyl groups is 1. The summed E-state index contributed by atoms with van der Waals surface area (Å²) >= 11 is 0. The first-order chi connectivity index (χ1) is 14.8. The molecule has 0 bridgehead atoms. The number of benzene rings is 3. The number of hydrogen-bond donors (Lipinski definition) is 1. The van der Waals surface area contributed by atoms with Gasteiger partial charge in [-0.15, -0.1) is 0 Å². The van der Waals surface area contributed by atoms with E-state index in [1.54, 1.807) is 66.7 Å². The highest BCUT2D eigenvalue weighted by atomic mass is 32.2. The molecule has 3 aromatic rings. The van der Waals surface area contributed by atoms with E-state index < -0.39 is 27.5 Å². The second-order valence-corrected chi connectivity index (χ2v) is 9.13. The lowest BCUT2D eigenvalue weighted by Crippen LogP contribution is -2.31. The van der Waals surface area contributed by atoms with Gasteiger partial charge < -0.3 is 9.84 Å². The number of rotatable bonds is 5. The van der Waals surface area contributed by atoms with Gasteiger partial charge in [-0.2, -0.15) is 0 Å². The van der Waals surface area contributed by atoms with Crippen molar-refractivity contribution in [3.05, 3.63) is 101 Å². The van der Waals surface area contributed by atoms with Gasteiger partial charge in [0.1, 0.15) is 16.7 Å². The van der Waals surface area contributed by atoms with Gasteiger partial charge in [0.15, 0.2) is 5.76 Å². The van der Waals surface area contributed by atoms with E-state index in [4.69, 9.17) is 4.74 Å². The van der Waals surface area contributed by atoms with Crippen LogP contribution >= 0.6 is 0 Å². The summed E-state index contributed by atoms with van der Waals surface area (Å²) < 4.78 is 32.3. The molecule has 1 aliphatic rings. The number of aryl methyl sites for hydroxylation is 1. The maximum atomic E-state index is 13.5. The lowest BCUT2D eigenvalue weighted by atomic mass is 10.1. The summed E-state index contributed by atoms with van der Waals surface area (Å²) in [7, 11) is -2.62. The fraction of sp³-hybridized carbons (Fsp3) is 0.125. The lowest BCUT2D eigenvalue weighted by molar-refractivity contribution is -0.117. The molecule has 6 nitrogen and oxygen atoms in total. The molecule has 0 radical (unpaired) electrons. The van der Waals surface area contributed by atoms with Crippen LogP contribution in [0.4, 0.5) is 5.69 Å². The van der Waals surface area contributed by atoms with Crippen LogP contribution in [0, 0.1) is 6.92 Å². The highest BCUT2D eigenvalue weighted by Gasteiger charge is 2.47. The van der Waals surface area contributed by atoms with Crippen molar-refractivity contribution in [1.82, 2.24) is 0 Å². The lowest BCUT2D eigenvalue weighted by Gasteiger charge is -2.27. The zero-order chi connectivity index (χ0) is 22.2. The molecular weight excluding hydrogens is 414 g/mol. The molecule has 3 aromatic carbocycles. The molecule has 0 aromatic heterocycles. The molecule has 7 heteroatoms. The Morgan fingerprint density at radius 3 is 2.10 bits per heavy atom. The van der Waals surface area contributed by atoms with Crippen molar-refractivity contribution in [3.8, 4) is 5.75 Å². The van der Waals surface area contributed by atoms with Crippen LogP contribution in [-0.2, 0) is 14.6 Å². The number of aliphatic hydroxyl groups excluding tert-OH is 1. The maximum absolute atomic E-state index is 13.5. The first-order valence-corrected chi connectivity index (χ1v) is 11.1. The Morgan fingerprint density at radius 2 is 1.52 bits per heavy atom. The Hall–Kier alpha value is -3.58. The molecule has 0 unspecified atom stereocenters. The Kier molecular flexibility index (Phi) is 5.29. The molecule has 1 N–H and O–H groups in total. The smallest absolute Gasteiger partial charge is 0.295 e. The second kappa shape index (κ2) is 7.92. The summed E-state index contributed by atoms with van der Waals surface area (Å²) in [5.74, 6) is -0.953. The van der Waals surface area contributed by atoms with Crippen molar-refractivity contribution in [3.63, 3.8) is 0 Å². The van der Waals surface area contributed by atoms with E-state index in [0.29, 0.717) is 17.0 Å². The van der Waals surface area contributed by atoms with E-state index in [2.05, 4.69) is 0 Å². The number of hydrogen-bond acceptors (Lipinski definition) is 5. The summed E-state index contributed by atoms with van der Waals surface area (Å²) in [6, 6.07) is 20.8. The van der Waals surface area contributed by atoms with Crippen LogP contribution in [0.5, 0.6) is 5.75 Å². The Bertz CT molecular complexity index is 1250. The largest absolute Gasteiger partial charge is 0.502 e. The van der Waals surface area contributed by atoms with Gasteiger partial charge in [0.25, 0.3) is 5.91 Å². The van der Waals surface area contributed by atoms with E-state index in [-0.39, 0.29) is 9.80 Å². The third-order valence-electron chi connectivity index (χ3n) is 5.25. The predicted molar refractivity (Wildman–Crippen MR) is 118 cm³/mol. The number of ether oxygens (including phenoxy) is 1. The van der Waals surface area contributed by atoms with Crippen LogP contribution in [0.2, 0.25) is 0 Å². The molecule has 0 fully saturated rings. The Morgan fingerprint density at radius 1 is 0.903 bits per heavy atom. The molecule has 158 valence electrons. The summed E-state index contributed by atoms with van der Waals surface area (Å²) in [6.07, 6.45) is 0. The molecular formula is C24H21NO5S. The summed E-state index contributed by atoms with van der Waals surface area (Å²) in [5, 5.41) is 10.8. The van der Waals surface area contributed by atoms with Gasteiger partial charge in [-0.1, -0.05) is 48.0 Å². The van der Waals surface area contributed by atoms with Crippen LogP contribution in [0.3, 0.4) is 0 Å². The first-order valence-electron chi connectivity index (χ1n) is 9.62. The number of anilines is 1. The van der Waals surface area contributed by atoms with Crippen molar-refractivity contribution in [2.75, 3.05) is 12.0 Å². The fourth-order valence-electron chi connectivity index (χ4n) is 3.65. The van der Waals surface area contributed by atoms with Gasteiger partial charge in [0, 0.05) is 5.69 Å². The SMILES string of the molecule is COc1ccc(N2C(=O)C(O)=C(S(=O)(=O)c3ccc(C)cc3)[C@H]2c2ccccc2)cc1. The topological polar surface area (TPSA) is 83.9 Å². The van der Waals surface area contributed by atoms with Crippen LogP contribution in [0.25, 0.3) is 0 Å². The van der Waals surface area contributed by atoms with E-state index in [0.717, 1.165) is 5.56 Å². The number of sulfone groups is 1. The van der Waals surface area contributed by atoms with Gasteiger partial charge in [0.05, 0.1) is 12.0 Å². The van der Waals surface area contributed by atoms with Gasteiger partial charge in [-0.3, -0.25) is 9.69 Å². The van der Waals surface area contributed by atoms with Crippen molar-refractivity contribution in [2.45, 2.75) is 17.9 Å². The van der Waals surface area contributed by atoms with Gasteiger partial charge in [-0.25, -0.2) is 8.42 Å². The van der Waals surface area contributed by atoms with Crippen molar-refractivity contribution in [2.24, 2.45) is 0 Å². The highest BCUT2D eigenvalue weighted by molar-refractivity contribution is 7.95. The molecule has 1 aliphatic heterocycles. The quantitative estimate of drug-likeness (QED) is 0.645. The first kappa shape index (κ1) is 20.7. The van der Waals surface area contributed by atoms with Crippen LogP contribution in [-0.4, -0.2) is 26.5 Å². The van der Waals surface area contributed by atoms with Gasteiger partial charge >= 0.3 is 0 Å². The maximum Gasteiger partial charge on any atom is 0.295 e. The summed E-state index contributed by atoms with van der Waals surface area (Å²) in [6.45, 7) is 1.85.